The van der Waals surface area contributed by atoms with Crippen LogP contribution in [0.2, 0.25) is 0 Å². The normalized spacial score (nSPS) is 14.2. The number of amides is 1. The van der Waals surface area contributed by atoms with Crippen LogP contribution in [0.25, 0.3) is 23.0 Å². The molecule has 4 rings (SSSR count). The monoisotopic (exact) mass is 345 g/mol. The Labute approximate surface area is 149 Å². The predicted molar refractivity (Wildman–Crippen MR) is 98.4 cm³/mol. The molecular formula is C21H15NO4. The third kappa shape index (κ3) is 2.80. The van der Waals surface area contributed by atoms with Crippen molar-refractivity contribution in [1.29, 1.82) is 0 Å². The molecule has 0 aliphatic carbocycles. The first-order valence-corrected chi connectivity index (χ1v) is 8.07. The van der Waals surface area contributed by atoms with Crippen molar-refractivity contribution in [1.82, 2.24) is 0 Å². The highest BCUT2D eigenvalue weighted by atomic mass is 16.5. The van der Waals surface area contributed by atoms with Crippen LogP contribution in [-0.4, -0.2) is 19.0 Å². The Bertz CT molecular complexity index is 1030. The van der Waals surface area contributed by atoms with E-state index < -0.39 is 0 Å². The van der Waals surface area contributed by atoms with Crippen LogP contribution in [0.4, 0.5) is 5.69 Å². The summed E-state index contributed by atoms with van der Waals surface area (Å²) in [6.07, 6.45) is 1.73. The second-order valence-corrected chi connectivity index (χ2v) is 5.83. The van der Waals surface area contributed by atoms with Gasteiger partial charge in [0.15, 0.2) is 0 Å². The van der Waals surface area contributed by atoms with Gasteiger partial charge in [0.05, 0.1) is 18.2 Å². The van der Waals surface area contributed by atoms with E-state index >= 15 is 0 Å². The quantitative estimate of drug-likeness (QED) is 0.570. The van der Waals surface area contributed by atoms with E-state index in [-0.39, 0.29) is 11.9 Å². The molecule has 0 atom stereocenters. The van der Waals surface area contributed by atoms with Crippen molar-refractivity contribution >= 4 is 29.2 Å². The minimum atomic E-state index is -0.382. The van der Waals surface area contributed by atoms with E-state index in [1.165, 1.54) is 7.11 Å². The molecule has 0 unspecified atom stereocenters. The molecule has 26 heavy (non-hydrogen) atoms. The molecule has 0 saturated carbocycles. The van der Waals surface area contributed by atoms with Gasteiger partial charge in [-0.05, 0) is 36.4 Å². The highest BCUT2D eigenvalue weighted by Gasteiger charge is 2.23. The molecule has 2 heterocycles. The Morgan fingerprint density at radius 3 is 2.58 bits per heavy atom. The number of esters is 1. The molecule has 0 radical (unpaired) electrons. The lowest BCUT2D eigenvalue weighted by atomic mass is 10.1. The zero-order valence-corrected chi connectivity index (χ0v) is 14.0. The average Bonchev–Trinajstić information content (AvgIpc) is 3.26. The first-order chi connectivity index (χ1) is 12.7. The number of ether oxygens (including phenoxy) is 1. The number of carbonyl (C=O) groups is 2. The minimum absolute atomic E-state index is 0.147. The number of carbonyl (C=O) groups excluding carboxylic acids is 2. The third-order valence-corrected chi connectivity index (χ3v) is 4.21. The van der Waals surface area contributed by atoms with Gasteiger partial charge in [-0.3, -0.25) is 4.79 Å². The van der Waals surface area contributed by atoms with Gasteiger partial charge in [-0.2, -0.15) is 0 Å². The van der Waals surface area contributed by atoms with Crippen molar-refractivity contribution < 1.29 is 18.7 Å². The van der Waals surface area contributed by atoms with Crippen molar-refractivity contribution in [2.75, 3.05) is 12.4 Å². The maximum atomic E-state index is 12.2. The molecule has 5 nitrogen and oxygen atoms in total. The minimum Gasteiger partial charge on any atom is -0.465 e. The lowest BCUT2D eigenvalue weighted by Gasteiger charge is -2.01. The predicted octanol–water partition coefficient (Wildman–Crippen LogP) is 4.23. The molecule has 0 bridgehead atoms. The summed E-state index contributed by atoms with van der Waals surface area (Å²) in [4.78, 5) is 23.7. The van der Waals surface area contributed by atoms with Crippen molar-refractivity contribution in [3.05, 3.63) is 77.6 Å². The van der Waals surface area contributed by atoms with E-state index in [0.29, 0.717) is 22.7 Å². The van der Waals surface area contributed by atoms with Gasteiger partial charge in [0.2, 0.25) is 0 Å². The van der Waals surface area contributed by atoms with E-state index in [9.17, 15) is 9.59 Å². The van der Waals surface area contributed by atoms with E-state index in [2.05, 4.69) is 5.32 Å². The molecule has 1 amide bonds. The Morgan fingerprint density at radius 1 is 1.04 bits per heavy atom. The number of hydrogen-bond acceptors (Lipinski definition) is 4. The molecule has 2 aromatic carbocycles. The fraction of sp³-hybridized carbons (Fsp3) is 0.0476. The summed E-state index contributed by atoms with van der Waals surface area (Å²) in [6.45, 7) is 0. The number of hydrogen-bond donors (Lipinski definition) is 1. The second kappa shape index (κ2) is 6.37. The summed E-state index contributed by atoms with van der Waals surface area (Å²) in [6, 6.07) is 18.1. The van der Waals surface area contributed by atoms with Gasteiger partial charge >= 0.3 is 5.97 Å². The molecule has 128 valence electrons. The molecular weight excluding hydrogens is 330 g/mol. The fourth-order valence-electron chi connectivity index (χ4n) is 2.90. The molecule has 0 fully saturated rings. The topological polar surface area (TPSA) is 68.5 Å². The van der Waals surface area contributed by atoms with Gasteiger partial charge in [-0.1, -0.05) is 30.3 Å². The first-order valence-electron chi connectivity index (χ1n) is 8.07. The number of benzene rings is 2. The maximum Gasteiger partial charge on any atom is 0.337 e. The first kappa shape index (κ1) is 15.9. The van der Waals surface area contributed by atoms with Crippen molar-refractivity contribution in [3.63, 3.8) is 0 Å². The zero-order chi connectivity index (χ0) is 18.1. The molecule has 0 spiro atoms. The summed E-state index contributed by atoms with van der Waals surface area (Å²) in [5.74, 6) is 0.706. The molecule has 1 aromatic heterocycles. The molecule has 0 saturated heterocycles. The van der Waals surface area contributed by atoms with Crippen LogP contribution in [0.5, 0.6) is 0 Å². The van der Waals surface area contributed by atoms with Crippen LogP contribution >= 0.6 is 0 Å². The van der Waals surface area contributed by atoms with Gasteiger partial charge in [0.25, 0.3) is 5.91 Å². The maximum absolute atomic E-state index is 12.2. The Hall–Kier alpha value is -3.60. The largest absolute Gasteiger partial charge is 0.465 e. The van der Waals surface area contributed by atoms with Crippen LogP contribution in [0.1, 0.15) is 21.7 Å². The lowest BCUT2D eigenvalue weighted by molar-refractivity contribution is -0.110. The van der Waals surface area contributed by atoms with E-state index in [1.54, 1.807) is 30.3 Å². The summed E-state index contributed by atoms with van der Waals surface area (Å²) < 4.78 is 10.5. The summed E-state index contributed by atoms with van der Waals surface area (Å²) in [7, 11) is 1.35. The second-order valence-electron chi connectivity index (χ2n) is 5.83. The fourth-order valence-corrected chi connectivity index (χ4v) is 2.90. The third-order valence-electron chi connectivity index (χ3n) is 4.21. The summed E-state index contributed by atoms with van der Waals surface area (Å²) in [5.41, 5.74) is 3.54. The molecule has 1 N–H and O–H groups in total. The molecule has 1 aliphatic heterocycles. The number of methoxy groups -OCH3 is 1. The number of nitrogens with one attached hydrogen (secondary N) is 1. The van der Waals surface area contributed by atoms with Crippen LogP contribution in [0.3, 0.4) is 0 Å². The van der Waals surface area contributed by atoms with Gasteiger partial charge in [0.1, 0.15) is 11.5 Å². The Balaban J connectivity index is 1.63. The zero-order valence-electron chi connectivity index (χ0n) is 14.0. The van der Waals surface area contributed by atoms with Crippen LogP contribution in [0, 0.1) is 0 Å². The van der Waals surface area contributed by atoms with Crippen molar-refractivity contribution in [2.24, 2.45) is 0 Å². The van der Waals surface area contributed by atoms with Gasteiger partial charge in [-0.25, -0.2) is 4.79 Å². The lowest BCUT2D eigenvalue weighted by Crippen LogP contribution is -2.03. The standard InChI is InChI=1S/C21H15NO4/c1-25-21(24)14-8-6-13(7-9-14)19-11-10-15(26-19)12-17-16-4-2-3-5-18(16)22-20(17)23/h2-12H,1H3,(H,22,23)/b17-12+. The van der Waals surface area contributed by atoms with Crippen molar-refractivity contribution in [2.45, 2.75) is 0 Å². The number of furan rings is 1. The number of para-hydroxylation sites is 1. The molecule has 1 aliphatic rings. The molecule has 5 heteroatoms. The van der Waals surface area contributed by atoms with E-state index in [0.717, 1.165) is 16.8 Å². The van der Waals surface area contributed by atoms with Gasteiger partial charge in [0, 0.05) is 16.8 Å². The summed E-state index contributed by atoms with van der Waals surface area (Å²) in [5, 5.41) is 2.84. The van der Waals surface area contributed by atoms with Crippen LogP contribution in [0.15, 0.2) is 65.1 Å². The number of fused-ring (bicyclic) bond motifs is 1. The SMILES string of the molecule is COC(=O)c1ccc(-c2ccc(/C=C3/C(=O)Nc4ccccc43)o2)cc1. The average molecular weight is 345 g/mol. The number of rotatable bonds is 3. The van der Waals surface area contributed by atoms with Crippen molar-refractivity contribution in [3.8, 4) is 11.3 Å². The van der Waals surface area contributed by atoms with Gasteiger partial charge in [-0.15, -0.1) is 0 Å². The van der Waals surface area contributed by atoms with Crippen LogP contribution in [-0.2, 0) is 9.53 Å². The van der Waals surface area contributed by atoms with Gasteiger partial charge < -0.3 is 14.5 Å². The Morgan fingerprint density at radius 2 is 1.81 bits per heavy atom. The highest BCUT2D eigenvalue weighted by Crippen LogP contribution is 2.33. The molecule has 3 aromatic rings. The van der Waals surface area contributed by atoms with E-state index in [4.69, 9.17) is 9.15 Å². The van der Waals surface area contributed by atoms with E-state index in [1.807, 2.05) is 36.4 Å². The smallest absolute Gasteiger partial charge is 0.337 e. The highest BCUT2D eigenvalue weighted by molar-refractivity contribution is 6.34. The Kier molecular flexibility index (Phi) is 3.89. The number of anilines is 1. The summed E-state index contributed by atoms with van der Waals surface area (Å²) >= 11 is 0. The van der Waals surface area contributed by atoms with Crippen LogP contribution < -0.4 is 5.32 Å².